The molecule has 0 aliphatic rings. The van der Waals surface area contributed by atoms with Gasteiger partial charge in [-0.3, -0.25) is 4.79 Å². The maximum absolute atomic E-state index is 12.5. The lowest BCUT2D eigenvalue weighted by molar-refractivity contribution is 0.102. The molecule has 0 fully saturated rings. The number of hydrogen-bond acceptors (Lipinski definition) is 5. The van der Waals surface area contributed by atoms with Crippen LogP contribution in [-0.4, -0.2) is 15.9 Å². The fourth-order valence-corrected chi connectivity index (χ4v) is 2.40. The maximum Gasteiger partial charge on any atom is 0.274 e. The molecular weight excluding hydrogens is 326 g/mol. The van der Waals surface area contributed by atoms with Crippen LogP contribution in [0.25, 0.3) is 0 Å². The summed E-state index contributed by atoms with van der Waals surface area (Å²) in [5, 5.41) is 14.8. The number of benzene rings is 2. The van der Waals surface area contributed by atoms with Crippen LogP contribution in [-0.2, 0) is 0 Å². The minimum absolute atomic E-state index is 0.261. The molecule has 2 aromatic carbocycles. The second-order valence-electron chi connectivity index (χ2n) is 5.80. The van der Waals surface area contributed by atoms with Crippen LogP contribution >= 0.6 is 0 Å². The molecule has 0 unspecified atom stereocenters. The van der Waals surface area contributed by atoms with Gasteiger partial charge in [0.15, 0.2) is 0 Å². The first-order valence-corrected chi connectivity index (χ1v) is 8.03. The van der Waals surface area contributed by atoms with E-state index in [0.717, 1.165) is 22.5 Å². The van der Waals surface area contributed by atoms with Crippen LogP contribution in [0.1, 0.15) is 27.2 Å². The Morgan fingerprint density at radius 2 is 1.85 bits per heavy atom. The Hall–Kier alpha value is -3.72. The smallest absolute Gasteiger partial charge is 0.274 e. The average Bonchev–Trinajstić information content (AvgIpc) is 2.66. The third-order valence-corrected chi connectivity index (χ3v) is 4.04. The molecule has 0 atom stereocenters. The van der Waals surface area contributed by atoms with Gasteiger partial charge in [-0.05, 0) is 55.3 Å². The third-order valence-electron chi connectivity index (χ3n) is 4.04. The predicted molar refractivity (Wildman–Crippen MR) is 100 cm³/mol. The molecule has 6 heteroatoms. The molecule has 128 valence electrons. The highest BCUT2D eigenvalue weighted by molar-refractivity contribution is 6.03. The van der Waals surface area contributed by atoms with E-state index in [-0.39, 0.29) is 11.6 Å². The Labute approximate surface area is 151 Å². The summed E-state index contributed by atoms with van der Waals surface area (Å²) in [5.41, 5.74) is 4.49. The van der Waals surface area contributed by atoms with Crippen molar-refractivity contribution >= 4 is 23.1 Å². The number of hydrogen-bond donors (Lipinski definition) is 2. The SMILES string of the molecule is Cc1cccc(NC(=O)c2cc(Nc3ccc(C#N)cc3)ncn2)c1C. The quantitative estimate of drug-likeness (QED) is 0.748. The standard InChI is InChI=1S/C20H17N5O/c1-13-4-3-5-17(14(13)2)25-20(26)18-10-19(23-12-22-18)24-16-8-6-15(11-21)7-9-16/h3-10,12H,1-2H3,(H,25,26)(H,22,23,24). The summed E-state index contributed by atoms with van der Waals surface area (Å²) in [6, 6.07) is 16.4. The van der Waals surface area contributed by atoms with Crippen LogP contribution in [0.3, 0.4) is 0 Å². The van der Waals surface area contributed by atoms with Crippen LogP contribution in [0, 0.1) is 25.2 Å². The van der Waals surface area contributed by atoms with Crippen LogP contribution in [0.15, 0.2) is 54.9 Å². The number of anilines is 3. The zero-order chi connectivity index (χ0) is 18.5. The van der Waals surface area contributed by atoms with Crippen molar-refractivity contribution in [2.24, 2.45) is 0 Å². The summed E-state index contributed by atoms with van der Waals surface area (Å²) >= 11 is 0. The van der Waals surface area contributed by atoms with Gasteiger partial charge in [-0.1, -0.05) is 12.1 Å². The fourth-order valence-electron chi connectivity index (χ4n) is 2.40. The van der Waals surface area contributed by atoms with Gasteiger partial charge in [0.05, 0.1) is 11.6 Å². The highest BCUT2D eigenvalue weighted by atomic mass is 16.1. The number of carbonyl (C=O) groups excluding carboxylic acids is 1. The molecule has 6 nitrogen and oxygen atoms in total. The molecule has 3 aromatic rings. The van der Waals surface area contributed by atoms with E-state index in [1.807, 2.05) is 32.0 Å². The van der Waals surface area contributed by atoms with Crippen molar-refractivity contribution in [2.75, 3.05) is 10.6 Å². The van der Waals surface area contributed by atoms with E-state index < -0.39 is 0 Å². The lowest BCUT2D eigenvalue weighted by atomic mass is 10.1. The van der Waals surface area contributed by atoms with E-state index in [0.29, 0.717) is 11.4 Å². The molecule has 0 spiro atoms. The van der Waals surface area contributed by atoms with Gasteiger partial charge in [-0.2, -0.15) is 5.26 Å². The van der Waals surface area contributed by atoms with Gasteiger partial charge in [-0.25, -0.2) is 9.97 Å². The van der Waals surface area contributed by atoms with Gasteiger partial charge in [0.25, 0.3) is 5.91 Å². The molecule has 2 N–H and O–H groups in total. The number of amides is 1. The van der Waals surface area contributed by atoms with Crippen molar-refractivity contribution in [3.8, 4) is 6.07 Å². The van der Waals surface area contributed by atoms with E-state index in [1.165, 1.54) is 6.33 Å². The minimum Gasteiger partial charge on any atom is -0.340 e. The summed E-state index contributed by atoms with van der Waals surface area (Å²) in [6.45, 7) is 3.96. The van der Waals surface area contributed by atoms with Gasteiger partial charge in [0.1, 0.15) is 17.8 Å². The maximum atomic E-state index is 12.5. The highest BCUT2D eigenvalue weighted by Crippen LogP contribution is 2.19. The van der Waals surface area contributed by atoms with Gasteiger partial charge in [0.2, 0.25) is 0 Å². The third kappa shape index (κ3) is 3.84. The number of aromatic nitrogens is 2. The molecule has 0 aliphatic carbocycles. The normalized spacial score (nSPS) is 10.0. The molecule has 3 rings (SSSR count). The number of rotatable bonds is 4. The molecule has 0 bridgehead atoms. The number of nitrogens with one attached hydrogen (secondary N) is 2. The van der Waals surface area contributed by atoms with Crippen LogP contribution in [0.4, 0.5) is 17.2 Å². The van der Waals surface area contributed by atoms with Crippen molar-refractivity contribution < 1.29 is 4.79 Å². The summed E-state index contributed by atoms with van der Waals surface area (Å²) in [5.74, 6) is 0.194. The highest BCUT2D eigenvalue weighted by Gasteiger charge is 2.11. The number of nitrogens with zero attached hydrogens (tertiary/aromatic N) is 3. The first-order valence-electron chi connectivity index (χ1n) is 8.03. The monoisotopic (exact) mass is 343 g/mol. The number of nitriles is 1. The lowest BCUT2D eigenvalue weighted by Crippen LogP contribution is -2.15. The second-order valence-corrected chi connectivity index (χ2v) is 5.80. The van der Waals surface area contributed by atoms with Crippen molar-refractivity contribution in [3.63, 3.8) is 0 Å². The first kappa shape index (κ1) is 17.1. The van der Waals surface area contributed by atoms with Crippen molar-refractivity contribution in [3.05, 3.63) is 77.2 Å². The zero-order valence-electron chi connectivity index (χ0n) is 14.4. The van der Waals surface area contributed by atoms with E-state index in [9.17, 15) is 4.79 Å². The summed E-state index contributed by atoms with van der Waals surface area (Å²) in [4.78, 5) is 20.7. The summed E-state index contributed by atoms with van der Waals surface area (Å²) in [6.07, 6.45) is 1.34. The summed E-state index contributed by atoms with van der Waals surface area (Å²) < 4.78 is 0. The molecule has 1 amide bonds. The Morgan fingerprint density at radius 3 is 2.58 bits per heavy atom. The predicted octanol–water partition coefficient (Wildman–Crippen LogP) is 3.96. The van der Waals surface area contributed by atoms with Crippen molar-refractivity contribution in [1.29, 1.82) is 5.26 Å². The molecule has 0 aliphatic heterocycles. The topological polar surface area (TPSA) is 90.7 Å². The van der Waals surface area contributed by atoms with E-state index >= 15 is 0 Å². The van der Waals surface area contributed by atoms with Gasteiger partial charge in [-0.15, -0.1) is 0 Å². The van der Waals surface area contributed by atoms with E-state index in [4.69, 9.17) is 5.26 Å². The van der Waals surface area contributed by atoms with Gasteiger partial charge < -0.3 is 10.6 Å². The molecule has 1 heterocycles. The fraction of sp³-hybridized carbons (Fsp3) is 0.100. The largest absolute Gasteiger partial charge is 0.340 e. The summed E-state index contributed by atoms with van der Waals surface area (Å²) in [7, 11) is 0. The van der Waals surface area contributed by atoms with Gasteiger partial charge >= 0.3 is 0 Å². The minimum atomic E-state index is -0.302. The molecular formula is C20H17N5O. The van der Waals surface area contributed by atoms with Crippen LogP contribution in [0.2, 0.25) is 0 Å². The molecule has 0 saturated carbocycles. The second kappa shape index (κ2) is 7.45. The Morgan fingerprint density at radius 1 is 1.08 bits per heavy atom. The lowest BCUT2D eigenvalue weighted by Gasteiger charge is -2.11. The zero-order valence-corrected chi connectivity index (χ0v) is 14.4. The Balaban J connectivity index is 1.76. The average molecular weight is 343 g/mol. The Bertz CT molecular complexity index is 990. The number of carbonyl (C=O) groups is 1. The molecule has 26 heavy (non-hydrogen) atoms. The number of aryl methyl sites for hydroxylation is 1. The van der Waals surface area contributed by atoms with E-state index in [2.05, 4.69) is 26.7 Å². The molecule has 0 radical (unpaired) electrons. The first-order chi connectivity index (χ1) is 12.6. The van der Waals surface area contributed by atoms with Crippen molar-refractivity contribution in [2.45, 2.75) is 13.8 Å². The van der Waals surface area contributed by atoms with E-state index in [1.54, 1.807) is 30.3 Å². The molecule has 0 saturated heterocycles. The van der Waals surface area contributed by atoms with Crippen LogP contribution < -0.4 is 10.6 Å². The van der Waals surface area contributed by atoms with Gasteiger partial charge in [0, 0.05) is 17.4 Å². The Kier molecular flexibility index (Phi) is 4.90. The van der Waals surface area contributed by atoms with Crippen molar-refractivity contribution in [1.82, 2.24) is 9.97 Å². The van der Waals surface area contributed by atoms with Crippen LogP contribution in [0.5, 0.6) is 0 Å². The molecule has 1 aromatic heterocycles.